The number of rotatable bonds is 2. The first-order valence-electron chi connectivity index (χ1n) is 7.31. The molecule has 112 valence electrons. The van der Waals surface area contributed by atoms with Gasteiger partial charge in [-0.2, -0.15) is 5.26 Å². The van der Waals surface area contributed by atoms with E-state index in [2.05, 4.69) is 30.0 Å². The highest BCUT2D eigenvalue weighted by atomic mass is 19.1. The van der Waals surface area contributed by atoms with Crippen LogP contribution in [0.25, 0.3) is 0 Å². The maximum Gasteiger partial charge on any atom is 0.124 e. The summed E-state index contributed by atoms with van der Waals surface area (Å²) in [5.74, 6) is -0.385. The molecule has 1 heterocycles. The van der Waals surface area contributed by atoms with Gasteiger partial charge in [0.25, 0.3) is 0 Å². The molecule has 0 aromatic heterocycles. The maximum absolute atomic E-state index is 13.3. The lowest BCUT2D eigenvalue weighted by atomic mass is 10.0. The third kappa shape index (κ3) is 2.81. The fourth-order valence-corrected chi connectivity index (χ4v) is 2.88. The van der Waals surface area contributed by atoms with Crippen LogP contribution in [-0.2, 0) is 4.74 Å². The van der Waals surface area contributed by atoms with Gasteiger partial charge in [0.1, 0.15) is 18.0 Å². The van der Waals surface area contributed by atoms with Crippen LogP contribution in [0, 0.1) is 24.1 Å². The third-order valence-corrected chi connectivity index (χ3v) is 4.02. The number of halogens is 1. The van der Waals surface area contributed by atoms with E-state index >= 15 is 0 Å². The predicted octanol–water partition coefficient (Wildman–Crippen LogP) is 3.58. The zero-order chi connectivity index (χ0) is 15.5. The normalized spacial score (nSPS) is 18.0. The summed E-state index contributed by atoms with van der Waals surface area (Å²) < 4.78 is 19.2. The zero-order valence-corrected chi connectivity index (χ0v) is 12.4. The van der Waals surface area contributed by atoms with Crippen molar-refractivity contribution in [1.29, 1.82) is 5.26 Å². The number of nitrogens with zero attached hydrogens (tertiary/aromatic N) is 2. The van der Waals surface area contributed by atoms with Gasteiger partial charge in [-0.05, 0) is 36.2 Å². The minimum Gasteiger partial charge on any atom is -0.370 e. The van der Waals surface area contributed by atoms with Gasteiger partial charge >= 0.3 is 0 Å². The van der Waals surface area contributed by atoms with Gasteiger partial charge in [-0.15, -0.1) is 0 Å². The fraction of sp³-hybridized carbons (Fsp3) is 0.278. The first kappa shape index (κ1) is 14.6. The lowest BCUT2D eigenvalue weighted by Crippen LogP contribution is -2.39. The number of hydrogen-bond acceptors (Lipinski definition) is 3. The highest BCUT2D eigenvalue weighted by Gasteiger charge is 2.24. The summed E-state index contributed by atoms with van der Waals surface area (Å²) in [6.45, 7) is 4.01. The van der Waals surface area contributed by atoms with E-state index in [1.807, 2.05) is 12.1 Å². The molecule has 1 atom stereocenters. The minimum absolute atomic E-state index is 0.0356. The van der Waals surface area contributed by atoms with Gasteiger partial charge in [-0.1, -0.05) is 24.3 Å². The van der Waals surface area contributed by atoms with Crippen molar-refractivity contribution in [3.63, 3.8) is 0 Å². The smallest absolute Gasteiger partial charge is 0.124 e. The van der Waals surface area contributed by atoms with Gasteiger partial charge in [0.2, 0.25) is 0 Å². The average Bonchev–Trinajstić information content (AvgIpc) is 2.55. The largest absolute Gasteiger partial charge is 0.370 e. The number of nitriles is 1. The minimum atomic E-state index is -0.385. The van der Waals surface area contributed by atoms with Crippen molar-refractivity contribution < 1.29 is 9.13 Å². The number of benzene rings is 2. The molecular weight excluding hydrogens is 279 g/mol. The van der Waals surface area contributed by atoms with Gasteiger partial charge in [0, 0.05) is 13.1 Å². The van der Waals surface area contributed by atoms with E-state index in [0.29, 0.717) is 25.3 Å². The summed E-state index contributed by atoms with van der Waals surface area (Å²) in [5, 5.41) is 9.23. The van der Waals surface area contributed by atoms with Crippen LogP contribution in [0.2, 0.25) is 0 Å². The molecule has 22 heavy (non-hydrogen) atoms. The Bertz CT molecular complexity index is 723. The van der Waals surface area contributed by atoms with Crippen LogP contribution in [0.4, 0.5) is 10.1 Å². The molecule has 0 amide bonds. The van der Waals surface area contributed by atoms with Crippen molar-refractivity contribution in [3.8, 4) is 6.07 Å². The summed E-state index contributed by atoms with van der Waals surface area (Å²) in [6, 6.07) is 14.6. The van der Waals surface area contributed by atoms with Gasteiger partial charge < -0.3 is 9.64 Å². The molecule has 0 saturated carbocycles. The maximum atomic E-state index is 13.3. The number of aryl methyl sites for hydroxylation is 1. The monoisotopic (exact) mass is 296 g/mol. The molecule has 3 rings (SSSR count). The molecular formula is C18H17FN2O. The SMILES string of the molecule is Cc1ccccc1C1CN(c2ccc(F)cc2C#N)CCO1. The molecule has 0 spiro atoms. The molecule has 0 aliphatic carbocycles. The topological polar surface area (TPSA) is 36.3 Å². The van der Waals surface area contributed by atoms with Crippen molar-refractivity contribution >= 4 is 5.69 Å². The van der Waals surface area contributed by atoms with Crippen LogP contribution in [0.5, 0.6) is 0 Å². The van der Waals surface area contributed by atoms with Crippen molar-refractivity contribution in [2.24, 2.45) is 0 Å². The first-order valence-corrected chi connectivity index (χ1v) is 7.31. The summed E-state index contributed by atoms with van der Waals surface area (Å²) in [4.78, 5) is 2.10. The second-order valence-electron chi connectivity index (χ2n) is 5.44. The molecule has 0 N–H and O–H groups in total. The van der Waals surface area contributed by atoms with Crippen molar-refractivity contribution in [1.82, 2.24) is 0 Å². The van der Waals surface area contributed by atoms with E-state index in [0.717, 1.165) is 11.3 Å². The van der Waals surface area contributed by atoms with Crippen LogP contribution in [0.15, 0.2) is 42.5 Å². The number of ether oxygens (including phenoxy) is 1. The Morgan fingerprint density at radius 3 is 2.86 bits per heavy atom. The van der Waals surface area contributed by atoms with E-state index in [-0.39, 0.29) is 11.9 Å². The van der Waals surface area contributed by atoms with Gasteiger partial charge in [-0.3, -0.25) is 0 Å². The summed E-state index contributed by atoms with van der Waals surface area (Å²) in [5.41, 5.74) is 3.48. The predicted molar refractivity (Wildman–Crippen MR) is 83.2 cm³/mol. The molecule has 4 heteroatoms. The van der Waals surface area contributed by atoms with E-state index < -0.39 is 0 Å². The fourth-order valence-electron chi connectivity index (χ4n) is 2.88. The van der Waals surface area contributed by atoms with Gasteiger partial charge in [0.15, 0.2) is 0 Å². The lowest BCUT2D eigenvalue weighted by Gasteiger charge is -2.35. The summed E-state index contributed by atoms with van der Waals surface area (Å²) >= 11 is 0. The lowest BCUT2D eigenvalue weighted by molar-refractivity contribution is 0.0394. The second kappa shape index (κ2) is 6.17. The van der Waals surface area contributed by atoms with E-state index in [9.17, 15) is 9.65 Å². The molecule has 2 aromatic rings. The van der Waals surface area contributed by atoms with Crippen molar-refractivity contribution in [3.05, 3.63) is 65.0 Å². The summed E-state index contributed by atoms with van der Waals surface area (Å²) in [7, 11) is 0. The van der Waals surface area contributed by atoms with Crippen LogP contribution >= 0.6 is 0 Å². The van der Waals surface area contributed by atoms with E-state index in [1.54, 1.807) is 6.07 Å². The van der Waals surface area contributed by atoms with Gasteiger partial charge in [-0.25, -0.2) is 4.39 Å². The Kier molecular flexibility index (Phi) is 4.08. The highest BCUT2D eigenvalue weighted by Crippen LogP contribution is 2.29. The third-order valence-electron chi connectivity index (χ3n) is 4.02. The van der Waals surface area contributed by atoms with E-state index in [1.165, 1.54) is 17.7 Å². The standard InChI is InChI=1S/C18H17FN2O/c1-13-4-2-3-5-16(13)18-12-21(8-9-22-18)17-7-6-15(19)10-14(17)11-20/h2-7,10,18H,8-9,12H2,1H3. The quantitative estimate of drug-likeness (QED) is 0.850. The molecule has 1 saturated heterocycles. The Hall–Kier alpha value is -2.38. The molecule has 2 aromatic carbocycles. The summed E-state index contributed by atoms with van der Waals surface area (Å²) in [6.07, 6.45) is -0.0356. The molecule has 3 nitrogen and oxygen atoms in total. The second-order valence-corrected chi connectivity index (χ2v) is 5.44. The van der Waals surface area contributed by atoms with Crippen LogP contribution in [0.3, 0.4) is 0 Å². The van der Waals surface area contributed by atoms with Crippen LogP contribution in [-0.4, -0.2) is 19.7 Å². The Morgan fingerprint density at radius 2 is 2.09 bits per heavy atom. The average molecular weight is 296 g/mol. The van der Waals surface area contributed by atoms with Crippen LogP contribution in [0.1, 0.15) is 22.8 Å². The molecule has 1 fully saturated rings. The van der Waals surface area contributed by atoms with Crippen LogP contribution < -0.4 is 4.90 Å². The number of anilines is 1. The van der Waals surface area contributed by atoms with Gasteiger partial charge in [0.05, 0.1) is 17.9 Å². The Morgan fingerprint density at radius 1 is 1.27 bits per heavy atom. The molecule has 1 unspecified atom stereocenters. The molecule has 0 bridgehead atoms. The Balaban J connectivity index is 1.88. The van der Waals surface area contributed by atoms with Crippen molar-refractivity contribution in [2.75, 3.05) is 24.6 Å². The van der Waals surface area contributed by atoms with Crippen molar-refractivity contribution in [2.45, 2.75) is 13.0 Å². The zero-order valence-electron chi connectivity index (χ0n) is 12.4. The number of hydrogen-bond donors (Lipinski definition) is 0. The first-order chi connectivity index (χ1) is 10.7. The molecule has 1 aliphatic heterocycles. The molecule has 1 aliphatic rings. The Labute approximate surface area is 129 Å². The molecule has 0 radical (unpaired) electrons. The van der Waals surface area contributed by atoms with E-state index in [4.69, 9.17) is 4.74 Å². The highest BCUT2D eigenvalue weighted by molar-refractivity contribution is 5.59. The number of morpholine rings is 1.